The van der Waals surface area contributed by atoms with E-state index in [1.54, 1.807) is 6.20 Å². The van der Waals surface area contributed by atoms with Crippen LogP contribution in [0.4, 0.5) is 0 Å². The van der Waals surface area contributed by atoms with E-state index in [9.17, 15) is 0 Å². The summed E-state index contributed by atoms with van der Waals surface area (Å²) < 4.78 is 2.94. The summed E-state index contributed by atoms with van der Waals surface area (Å²) in [6.07, 6.45) is 1.79. The van der Waals surface area contributed by atoms with Crippen LogP contribution in [0, 0.1) is 0 Å². The summed E-state index contributed by atoms with van der Waals surface area (Å²) in [6, 6.07) is 0. The lowest BCUT2D eigenvalue weighted by molar-refractivity contribution is 0.368. The minimum atomic E-state index is 0.619. The SMILES string of the molecule is CN(C)CCn1ncc(Br)c1CNN. The number of rotatable bonds is 5. The van der Waals surface area contributed by atoms with Gasteiger partial charge in [-0.2, -0.15) is 5.10 Å². The molecule has 0 unspecified atom stereocenters. The topological polar surface area (TPSA) is 59.1 Å². The lowest BCUT2D eigenvalue weighted by Gasteiger charge is -2.11. The standard InChI is InChI=1S/C8H16BrN5/c1-13(2)3-4-14-8(6-11-10)7(9)5-12-14/h5,11H,3-4,6,10H2,1-2H3. The maximum absolute atomic E-state index is 5.29. The summed E-state index contributed by atoms with van der Waals surface area (Å²) in [6.45, 7) is 2.45. The number of aromatic nitrogens is 2. The lowest BCUT2D eigenvalue weighted by Crippen LogP contribution is -2.25. The Balaban J connectivity index is 2.65. The Morgan fingerprint density at radius 3 is 2.93 bits per heavy atom. The molecule has 0 aliphatic carbocycles. The van der Waals surface area contributed by atoms with Crippen LogP contribution in [0.25, 0.3) is 0 Å². The molecule has 5 nitrogen and oxygen atoms in total. The van der Waals surface area contributed by atoms with Crippen LogP contribution in [0.15, 0.2) is 10.7 Å². The largest absolute Gasteiger partial charge is 0.308 e. The number of hydrogen-bond acceptors (Lipinski definition) is 4. The van der Waals surface area contributed by atoms with Crippen LogP contribution in [0.5, 0.6) is 0 Å². The number of nitrogens with one attached hydrogen (secondary N) is 1. The van der Waals surface area contributed by atoms with E-state index in [0.29, 0.717) is 6.54 Å². The molecule has 0 saturated carbocycles. The Kier molecular flexibility index (Phi) is 4.53. The zero-order valence-corrected chi connectivity index (χ0v) is 10.1. The Hall–Kier alpha value is -0.430. The zero-order valence-electron chi connectivity index (χ0n) is 8.50. The Morgan fingerprint density at radius 1 is 1.64 bits per heavy atom. The van der Waals surface area contributed by atoms with Crippen molar-refractivity contribution >= 4 is 15.9 Å². The summed E-state index contributed by atoms with van der Waals surface area (Å²) in [7, 11) is 4.08. The van der Waals surface area contributed by atoms with E-state index in [1.807, 2.05) is 18.8 Å². The molecule has 1 aromatic heterocycles. The molecule has 0 bridgehead atoms. The van der Waals surface area contributed by atoms with Crippen molar-refractivity contribution in [1.29, 1.82) is 0 Å². The number of likely N-dealkylation sites (N-methyl/N-ethyl adjacent to an activating group) is 1. The maximum Gasteiger partial charge on any atom is 0.0678 e. The van der Waals surface area contributed by atoms with Gasteiger partial charge in [0, 0.05) is 6.54 Å². The molecule has 1 aromatic rings. The summed E-state index contributed by atoms with van der Waals surface area (Å²) >= 11 is 3.43. The average molecular weight is 262 g/mol. The smallest absolute Gasteiger partial charge is 0.0678 e. The van der Waals surface area contributed by atoms with E-state index in [-0.39, 0.29) is 0 Å². The van der Waals surface area contributed by atoms with Gasteiger partial charge < -0.3 is 4.90 Å². The second-order valence-electron chi connectivity index (χ2n) is 3.35. The molecule has 0 spiro atoms. The fourth-order valence-corrected chi connectivity index (χ4v) is 1.58. The van der Waals surface area contributed by atoms with E-state index in [4.69, 9.17) is 5.84 Å². The van der Waals surface area contributed by atoms with E-state index < -0.39 is 0 Å². The predicted octanol–water partition coefficient (Wildman–Crippen LogP) is 0.170. The Labute approximate surface area is 92.4 Å². The monoisotopic (exact) mass is 261 g/mol. The minimum Gasteiger partial charge on any atom is -0.308 e. The molecule has 0 aromatic carbocycles. The van der Waals surface area contributed by atoms with Crippen LogP contribution in [0.1, 0.15) is 5.69 Å². The van der Waals surface area contributed by atoms with Crippen molar-refractivity contribution in [1.82, 2.24) is 20.1 Å². The van der Waals surface area contributed by atoms with E-state index in [0.717, 1.165) is 23.3 Å². The molecule has 0 radical (unpaired) electrons. The first kappa shape index (κ1) is 11.6. The molecule has 0 saturated heterocycles. The number of halogens is 1. The molecule has 0 atom stereocenters. The van der Waals surface area contributed by atoms with Crippen LogP contribution in [0.2, 0.25) is 0 Å². The van der Waals surface area contributed by atoms with Gasteiger partial charge in [0.05, 0.1) is 29.5 Å². The Morgan fingerprint density at radius 2 is 2.36 bits per heavy atom. The molecule has 80 valence electrons. The molecule has 3 N–H and O–H groups in total. The van der Waals surface area contributed by atoms with Crippen molar-refractivity contribution in [2.75, 3.05) is 20.6 Å². The average Bonchev–Trinajstić information content (AvgIpc) is 2.46. The molecular formula is C8H16BrN5. The van der Waals surface area contributed by atoms with Gasteiger partial charge >= 0.3 is 0 Å². The van der Waals surface area contributed by atoms with Crippen molar-refractivity contribution in [3.05, 3.63) is 16.4 Å². The highest BCUT2D eigenvalue weighted by atomic mass is 79.9. The first-order chi connectivity index (χ1) is 6.65. The molecule has 0 fully saturated rings. The van der Waals surface area contributed by atoms with Crippen LogP contribution >= 0.6 is 15.9 Å². The summed E-state index contributed by atoms with van der Waals surface area (Å²) in [5.74, 6) is 5.29. The second kappa shape index (κ2) is 5.45. The third-order valence-corrected chi connectivity index (χ3v) is 2.59. The van der Waals surface area contributed by atoms with Crippen molar-refractivity contribution in [3.8, 4) is 0 Å². The number of hydrazine groups is 1. The highest BCUT2D eigenvalue weighted by molar-refractivity contribution is 9.10. The van der Waals surface area contributed by atoms with Gasteiger partial charge in [-0.25, -0.2) is 0 Å². The highest BCUT2D eigenvalue weighted by Crippen LogP contribution is 2.15. The van der Waals surface area contributed by atoms with Crippen molar-refractivity contribution in [2.24, 2.45) is 5.84 Å². The van der Waals surface area contributed by atoms with Crippen LogP contribution in [-0.4, -0.2) is 35.3 Å². The van der Waals surface area contributed by atoms with Crippen LogP contribution in [0.3, 0.4) is 0 Å². The first-order valence-electron chi connectivity index (χ1n) is 4.43. The third-order valence-electron chi connectivity index (χ3n) is 1.93. The van der Waals surface area contributed by atoms with Gasteiger partial charge in [-0.3, -0.25) is 16.0 Å². The molecule has 6 heteroatoms. The number of nitrogens with zero attached hydrogens (tertiary/aromatic N) is 3. The Bertz CT molecular complexity index is 283. The zero-order chi connectivity index (χ0) is 10.6. The minimum absolute atomic E-state index is 0.619. The van der Waals surface area contributed by atoms with Gasteiger partial charge in [0.1, 0.15) is 0 Å². The third kappa shape index (κ3) is 3.06. The second-order valence-corrected chi connectivity index (χ2v) is 4.20. The summed E-state index contributed by atoms with van der Waals surface area (Å²) in [4.78, 5) is 2.12. The van der Waals surface area contributed by atoms with Crippen molar-refractivity contribution in [2.45, 2.75) is 13.1 Å². The molecule has 0 aliphatic rings. The molecule has 14 heavy (non-hydrogen) atoms. The molecule has 1 heterocycles. The van der Waals surface area contributed by atoms with Gasteiger partial charge in [-0.1, -0.05) is 0 Å². The molecule has 0 amide bonds. The maximum atomic E-state index is 5.29. The normalized spacial score (nSPS) is 11.2. The van der Waals surface area contributed by atoms with Gasteiger partial charge in [0.25, 0.3) is 0 Å². The lowest BCUT2D eigenvalue weighted by atomic mass is 10.4. The van der Waals surface area contributed by atoms with Crippen LogP contribution < -0.4 is 11.3 Å². The van der Waals surface area contributed by atoms with Crippen molar-refractivity contribution < 1.29 is 0 Å². The van der Waals surface area contributed by atoms with Gasteiger partial charge in [0.15, 0.2) is 0 Å². The van der Waals surface area contributed by atoms with Gasteiger partial charge in [-0.15, -0.1) is 0 Å². The summed E-state index contributed by atoms with van der Waals surface area (Å²) in [5.41, 5.74) is 3.71. The summed E-state index contributed by atoms with van der Waals surface area (Å²) in [5, 5.41) is 4.25. The van der Waals surface area contributed by atoms with Crippen molar-refractivity contribution in [3.63, 3.8) is 0 Å². The predicted molar refractivity (Wildman–Crippen MR) is 59.5 cm³/mol. The van der Waals surface area contributed by atoms with E-state index in [1.165, 1.54) is 0 Å². The molecular weight excluding hydrogens is 246 g/mol. The van der Waals surface area contributed by atoms with E-state index >= 15 is 0 Å². The fraction of sp³-hybridized carbons (Fsp3) is 0.625. The number of hydrogen-bond donors (Lipinski definition) is 2. The van der Waals surface area contributed by atoms with Gasteiger partial charge in [0.2, 0.25) is 0 Å². The number of nitrogens with two attached hydrogens (primary N) is 1. The van der Waals surface area contributed by atoms with E-state index in [2.05, 4.69) is 31.4 Å². The van der Waals surface area contributed by atoms with Gasteiger partial charge in [-0.05, 0) is 30.0 Å². The van der Waals surface area contributed by atoms with Crippen LogP contribution in [-0.2, 0) is 13.1 Å². The molecule has 1 rings (SSSR count). The first-order valence-corrected chi connectivity index (χ1v) is 5.23. The fourth-order valence-electron chi connectivity index (χ4n) is 1.15. The quantitative estimate of drug-likeness (QED) is 0.586. The highest BCUT2D eigenvalue weighted by Gasteiger charge is 2.07. The molecule has 0 aliphatic heterocycles.